The van der Waals surface area contributed by atoms with Crippen molar-refractivity contribution in [1.29, 1.82) is 0 Å². The van der Waals surface area contributed by atoms with E-state index >= 15 is 0 Å². The minimum absolute atomic E-state index is 0. The number of ether oxygens (including phenoxy) is 3. The van der Waals surface area contributed by atoms with Crippen LogP contribution in [0.4, 0.5) is 0 Å². The summed E-state index contributed by atoms with van der Waals surface area (Å²) >= 11 is 0. The van der Waals surface area contributed by atoms with Crippen molar-refractivity contribution < 1.29 is 89.3 Å². The number of carboxylic acids is 6. The number of carboxylic acid groups (broad SMARTS) is 6. The zero-order chi connectivity index (χ0) is 45.0. The maximum atomic E-state index is 10.3. The predicted octanol–water partition coefficient (Wildman–Crippen LogP) is 1.73. The number of hydrogen-bond donors (Lipinski definition) is 8. The monoisotopic (exact) mass is 862 g/mol. The van der Waals surface area contributed by atoms with Gasteiger partial charge >= 0.3 is 35.8 Å². The lowest BCUT2D eigenvalue weighted by Gasteiger charge is -2.35. The Hall–Kier alpha value is -6.32. The van der Waals surface area contributed by atoms with E-state index in [4.69, 9.17) is 55.1 Å². The molecule has 1 aliphatic heterocycles. The molecule has 3 aromatic rings. The highest BCUT2D eigenvalue weighted by Gasteiger charge is 2.41. The summed E-state index contributed by atoms with van der Waals surface area (Å²) in [4.78, 5) is 66.1. The second-order valence-electron chi connectivity index (χ2n) is 13.7. The fraction of sp³-hybridized carbons (Fsp3) is 0.415. The topological polar surface area (TPSA) is 330 Å². The lowest BCUT2D eigenvalue weighted by atomic mass is 9.88. The van der Waals surface area contributed by atoms with Gasteiger partial charge in [-0.25, -0.2) is 9.59 Å². The highest BCUT2D eigenvalue weighted by Crippen LogP contribution is 2.40. The van der Waals surface area contributed by atoms with Crippen LogP contribution in [0.1, 0.15) is 54.7 Å². The molecule has 0 atom stereocenters. The highest BCUT2D eigenvalue weighted by atomic mass is 16.5. The van der Waals surface area contributed by atoms with Gasteiger partial charge in [0, 0.05) is 44.2 Å². The molecule has 10 N–H and O–H groups in total. The van der Waals surface area contributed by atoms with E-state index in [1.807, 2.05) is 6.07 Å². The van der Waals surface area contributed by atoms with Crippen LogP contribution in [0, 0.1) is 0 Å². The average Bonchev–Trinajstić information content (AvgIpc) is 3.18. The number of benzene rings is 3. The summed E-state index contributed by atoms with van der Waals surface area (Å²) in [5.74, 6) is -7.49. The van der Waals surface area contributed by atoms with Crippen LogP contribution >= 0.6 is 0 Å². The van der Waals surface area contributed by atoms with E-state index in [0.29, 0.717) is 17.4 Å². The molecule has 0 aliphatic carbocycles. The molecule has 0 bridgehead atoms. The Morgan fingerprint density at radius 2 is 0.934 bits per heavy atom. The minimum atomic E-state index is -2.74. The largest absolute Gasteiger partial charge is 0.493 e. The molecule has 1 saturated heterocycles. The number of carbonyl (C=O) groups is 6. The first-order chi connectivity index (χ1) is 28.3. The average molecular weight is 863 g/mol. The molecular formula is C41H54N2O18. The summed E-state index contributed by atoms with van der Waals surface area (Å²) in [6, 6.07) is 25.8. The molecular weight excluding hydrogens is 808 g/mol. The van der Waals surface area contributed by atoms with Gasteiger partial charge in [-0.1, -0.05) is 66.7 Å². The molecule has 0 spiro atoms. The predicted molar refractivity (Wildman–Crippen MR) is 215 cm³/mol. The molecule has 0 saturated carbocycles. The summed E-state index contributed by atoms with van der Waals surface area (Å²) in [6.07, 6.45) is -3.45. The molecule has 336 valence electrons. The molecule has 3 aromatic carbocycles. The zero-order valence-electron chi connectivity index (χ0n) is 33.9. The van der Waals surface area contributed by atoms with Crippen LogP contribution in [0.25, 0.3) is 0 Å². The van der Waals surface area contributed by atoms with E-state index in [-0.39, 0.29) is 5.48 Å². The molecule has 4 rings (SSSR count). The zero-order valence-corrected chi connectivity index (χ0v) is 33.9. The Morgan fingerprint density at radius 1 is 0.557 bits per heavy atom. The third-order valence-corrected chi connectivity index (χ3v) is 9.35. The second-order valence-corrected chi connectivity index (χ2v) is 13.7. The first-order valence-electron chi connectivity index (χ1n) is 18.4. The van der Waals surface area contributed by atoms with Gasteiger partial charge < -0.3 is 65.4 Å². The van der Waals surface area contributed by atoms with Crippen molar-refractivity contribution in [3.8, 4) is 17.2 Å². The van der Waals surface area contributed by atoms with Crippen molar-refractivity contribution in [3.05, 3.63) is 89.5 Å². The summed E-state index contributed by atoms with van der Waals surface area (Å²) in [6.45, 7) is 6.17. The highest BCUT2D eigenvalue weighted by molar-refractivity contribution is 5.88. The lowest BCUT2D eigenvalue weighted by Crippen LogP contribution is -2.46. The second kappa shape index (κ2) is 25.3. The van der Waals surface area contributed by atoms with Crippen LogP contribution in [-0.2, 0) is 35.3 Å². The van der Waals surface area contributed by atoms with Gasteiger partial charge in [-0.05, 0) is 30.2 Å². The quantitative estimate of drug-likeness (QED) is 0.0802. The normalized spacial score (nSPS) is 12.9. The first-order valence-corrected chi connectivity index (χ1v) is 18.4. The summed E-state index contributed by atoms with van der Waals surface area (Å²) in [7, 11) is 4.99. The SMILES string of the molecule is COc1ccc(CN2CCN(CCC(c3ccccc3)c3ccccc3)CC2)c(OC)c1OC.O.O=C(O)CC(O)(CC(=O)O)C(=O)O.O=C(O)CC(O)(CC(=O)O)C(=O)O. The summed E-state index contributed by atoms with van der Waals surface area (Å²) < 4.78 is 16.7. The van der Waals surface area contributed by atoms with Crippen molar-refractivity contribution >= 4 is 35.8 Å². The third kappa shape index (κ3) is 17.1. The van der Waals surface area contributed by atoms with Crippen LogP contribution in [0.3, 0.4) is 0 Å². The van der Waals surface area contributed by atoms with Crippen molar-refractivity contribution in [3.63, 3.8) is 0 Å². The Kier molecular flexibility index (Phi) is 21.9. The van der Waals surface area contributed by atoms with Crippen molar-refractivity contribution in [2.45, 2.75) is 55.8 Å². The summed E-state index contributed by atoms with van der Waals surface area (Å²) in [5.41, 5.74) is -1.56. The Labute approximate surface area is 351 Å². The van der Waals surface area contributed by atoms with Crippen LogP contribution in [0.5, 0.6) is 17.2 Å². The Balaban J connectivity index is 0.000000570. The van der Waals surface area contributed by atoms with Gasteiger partial charge in [0.05, 0.1) is 47.0 Å². The van der Waals surface area contributed by atoms with Gasteiger partial charge in [-0.15, -0.1) is 0 Å². The first kappa shape index (κ1) is 52.7. The standard InChI is InChI=1S/C29H36N2O3.2C6H8O7.H2O/c1-32-27-15-14-25(28(33-2)29(27)34-3)22-31-20-18-30(19-21-31)17-16-26(23-10-6-4-7-11-23)24-12-8-5-9-13-24;2*7-3(8)1-6(13,5(11)12)2-4(9)10;/h4-15,26H,16-22H2,1-3H3;2*13H,1-2H2,(H,7,8)(H,9,10)(H,11,12);1H2. The van der Waals surface area contributed by atoms with Crippen LogP contribution < -0.4 is 14.2 Å². The number of hydrogen-bond acceptors (Lipinski definition) is 13. The molecule has 0 aromatic heterocycles. The number of aliphatic carboxylic acids is 6. The molecule has 0 unspecified atom stereocenters. The molecule has 1 fully saturated rings. The van der Waals surface area contributed by atoms with E-state index in [9.17, 15) is 28.8 Å². The number of aliphatic hydroxyl groups is 2. The van der Waals surface area contributed by atoms with Gasteiger partial charge in [0.25, 0.3) is 0 Å². The van der Waals surface area contributed by atoms with E-state index in [1.165, 1.54) is 11.1 Å². The van der Waals surface area contributed by atoms with Crippen LogP contribution in [0.15, 0.2) is 72.8 Å². The number of piperazine rings is 1. The van der Waals surface area contributed by atoms with E-state index in [0.717, 1.165) is 57.0 Å². The van der Waals surface area contributed by atoms with Crippen molar-refractivity contribution in [1.82, 2.24) is 9.80 Å². The fourth-order valence-electron chi connectivity index (χ4n) is 6.34. The molecule has 0 radical (unpaired) electrons. The fourth-order valence-corrected chi connectivity index (χ4v) is 6.34. The summed E-state index contributed by atoms with van der Waals surface area (Å²) in [5, 5.41) is 67.6. The maximum Gasteiger partial charge on any atom is 0.336 e. The van der Waals surface area contributed by atoms with Gasteiger partial charge in [-0.3, -0.25) is 24.1 Å². The third-order valence-electron chi connectivity index (χ3n) is 9.35. The maximum absolute atomic E-state index is 10.3. The molecule has 1 aliphatic rings. The smallest absolute Gasteiger partial charge is 0.336 e. The van der Waals surface area contributed by atoms with E-state index < -0.39 is 72.7 Å². The molecule has 1 heterocycles. The van der Waals surface area contributed by atoms with E-state index in [2.05, 4.69) is 76.5 Å². The number of nitrogens with zero attached hydrogens (tertiary/aromatic N) is 2. The Morgan fingerprint density at radius 3 is 1.26 bits per heavy atom. The van der Waals surface area contributed by atoms with Gasteiger partial charge in [0.1, 0.15) is 0 Å². The van der Waals surface area contributed by atoms with Crippen molar-refractivity contribution in [2.24, 2.45) is 0 Å². The molecule has 20 nitrogen and oxygen atoms in total. The van der Waals surface area contributed by atoms with Gasteiger partial charge in [0.15, 0.2) is 22.7 Å². The molecule has 61 heavy (non-hydrogen) atoms. The van der Waals surface area contributed by atoms with E-state index in [1.54, 1.807) is 21.3 Å². The molecule has 0 amide bonds. The lowest BCUT2D eigenvalue weighted by molar-refractivity contribution is -0.170. The van der Waals surface area contributed by atoms with Gasteiger partial charge in [0.2, 0.25) is 5.75 Å². The number of rotatable bonds is 20. The minimum Gasteiger partial charge on any atom is -0.493 e. The van der Waals surface area contributed by atoms with Crippen LogP contribution in [-0.4, -0.2) is 157 Å². The van der Waals surface area contributed by atoms with Crippen molar-refractivity contribution in [2.75, 3.05) is 54.1 Å². The van der Waals surface area contributed by atoms with Gasteiger partial charge in [-0.2, -0.15) is 0 Å². The molecule has 20 heteroatoms. The Bertz CT molecular complexity index is 1760. The number of methoxy groups -OCH3 is 3. The van der Waals surface area contributed by atoms with Crippen LogP contribution in [0.2, 0.25) is 0 Å².